The van der Waals surface area contributed by atoms with Crippen LogP contribution in [0, 0.1) is 0 Å². The van der Waals surface area contributed by atoms with Crippen molar-refractivity contribution in [2.75, 3.05) is 6.54 Å². The average Bonchev–Trinajstić information content (AvgIpc) is 2.30. The van der Waals surface area contributed by atoms with Gasteiger partial charge in [-0.2, -0.15) is 0 Å². The smallest absolute Gasteiger partial charge is 0.345 e. The molecular weight excluding hydrogens is 222 g/mol. The minimum atomic E-state index is -1.70. The average molecular weight is 241 g/mol. The lowest BCUT2D eigenvalue weighted by Gasteiger charge is -2.48. The van der Waals surface area contributed by atoms with Crippen LogP contribution in [0.2, 0.25) is 0 Å². The number of ether oxygens (including phenoxy) is 1. The van der Waals surface area contributed by atoms with E-state index in [0.29, 0.717) is 6.54 Å². The van der Waals surface area contributed by atoms with E-state index >= 15 is 0 Å². The molecule has 1 saturated carbocycles. The summed E-state index contributed by atoms with van der Waals surface area (Å²) in [5, 5.41) is 9.20. The molecule has 0 aromatic heterocycles. The summed E-state index contributed by atoms with van der Waals surface area (Å²) in [5.74, 6) is -1.60. The van der Waals surface area contributed by atoms with Crippen molar-refractivity contribution < 1.29 is 19.4 Å². The third-order valence-corrected chi connectivity index (χ3v) is 3.87. The van der Waals surface area contributed by atoms with E-state index in [0.717, 1.165) is 25.7 Å². The Labute approximate surface area is 101 Å². The fraction of sp³-hybridized carbons (Fsp3) is 0.833. The Morgan fingerprint density at radius 3 is 2.76 bits per heavy atom. The molecule has 2 fully saturated rings. The van der Waals surface area contributed by atoms with E-state index in [4.69, 9.17) is 4.74 Å². The molecular formula is C12H19NO4. The Kier molecular flexibility index (Phi) is 3.12. The molecule has 0 spiro atoms. The van der Waals surface area contributed by atoms with Crippen LogP contribution in [0.5, 0.6) is 0 Å². The molecule has 0 radical (unpaired) electrons. The fourth-order valence-corrected chi connectivity index (χ4v) is 2.87. The normalized spacial score (nSPS) is 37.8. The van der Waals surface area contributed by atoms with Crippen molar-refractivity contribution in [1.82, 2.24) is 4.90 Å². The second-order valence-corrected chi connectivity index (χ2v) is 4.94. The van der Waals surface area contributed by atoms with Gasteiger partial charge in [-0.3, -0.25) is 4.79 Å². The first-order chi connectivity index (χ1) is 8.00. The monoisotopic (exact) mass is 241 g/mol. The summed E-state index contributed by atoms with van der Waals surface area (Å²) < 4.78 is 5.59. The molecule has 1 heterocycles. The van der Waals surface area contributed by atoms with Crippen molar-refractivity contribution >= 4 is 11.9 Å². The molecule has 1 saturated heterocycles. The summed E-state index contributed by atoms with van der Waals surface area (Å²) in [6.45, 7) is 3.80. The van der Waals surface area contributed by atoms with Crippen LogP contribution in [0.4, 0.5) is 0 Å². The lowest BCUT2D eigenvalue weighted by atomic mass is 9.86. The zero-order chi connectivity index (χ0) is 12.6. The number of hydrogen-bond acceptors (Lipinski definition) is 3. The Morgan fingerprint density at radius 2 is 2.18 bits per heavy atom. The molecule has 3 unspecified atom stereocenters. The number of morpholine rings is 1. The molecule has 17 heavy (non-hydrogen) atoms. The fourth-order valence-electron chi connectivity index (χ4n) is 2.87. The van der Waals surface area contributed by atoms with Gasteiger partial charge in [-0.25, -0.2) is 4.79 Å². The van der Waals surface area contributed by atoms with E-state index in [9.17, 15) is 14.7 Å². The molecule has 96 valence electrons. The number of aliphatic carboxylic acids is 1. The van der Waals surface area contributed by atoms with Crippen molar-refractivity contribution in [3.63, 3.8) is 0 Å². The number of fused-ring (bicyclic) bond motifs is 1. The van der Waals surface area contributed by atoms with Crippen LogP contribution >= 0.6 is 0 Å². The predicted octanol–water partition coefficient (Wildman–Crippen LogP) is 1.02. The van der Waals surface area contributed by atoms with Gasteiger partial charge in [0.15, 0.2) is 0 Å². The van der Waals surface area contributed by atoms with Crippen molar-refractivity contribution in [2.24, 2.45) is 0 Å². The number of likely N-dealkylation sites (N-methyl/N-ethyl adjacent to an activating group) is 1. The van der Waals surface area contributed by atoms with Crippen LogP contribution in [0.25, 0.3) is 0 Å². The van der Waals surface area contributed by atoms with Gasteiger partial charge in [0, 0.05) is 6.54 Å². The van der Waals surface area contributed by atoms with Crippen molar-refractivity contribution in [2.45, 2.75) is 57.3 Å². The Hall–Kier alpha value is -1.10. The van der Waals surface area contributed by atoms with E-state index in [1.807, 2.05) is 6.92 Å². The molecule has 0 aromatic carbocycles. The van der Waals surface area contributed by atoms with Gasteiger partial charge in [0.1, 0.15) is 0 Å². The Bertz CT molecular complexity index is 343. The zero-order valence-corrected chi connectivity index (χ0v) is 10.3. The third kappa shape index (κ3) is 1.82. The van der Waals surface area contributed by atoms with Crippen molar-refractivity contribution in [3.05, 3.63) is 0 Å². The molecule has 1 amide bonds. The van der Waals surface area contributed by atoms with Gasteiger partial charge in [-0.05, 0) is 26.7 Å². The van der Waals surface area contributed by atoms with Crippen molar-refractivity contribution in [1.29, 1.82) is 0 Å². The highest BCUT2D eigenvalue weighted by Gasteiger charge is 2.54. The first-order valence-corrected chi connectivity index (χ1v) is 6.23. The number of nitrogens with zero attached hydrogens (tertiary/aromatic N) is 1. The maximum absolute atomic E-state index is 12.2. The minimum Gasteiger partial charge on any atom is -0.479 e. The second kappa shape index (κ2) is 4.29. The summed E-state index contributed by atoms with van der Waals surface area (Å²) >= 11 is 0. The molecule has 1 N–H and O–H groups in total. The van der Waals surface area contributed by atoms with E-state index in [1.165, 1.54) is 6.92 Å². The van der Waals surface area contributed by atoms with E-state index in [1.54, 1.807) is 4.90 Å². The van der Waals surface area contributed by atoms with Crippen molar-refractivity contribution in [3.8, 4) is 0 Å². The third-order valence-electron chi connectivity index (χ3n) is 3.87. The minimum absolute atomic E-state index is 0.0636. The molecule has 2 aliphatic rings. The zero-order valence-electron chi connectivity index (χ0n) is 10.3. The molecule has 3 atom stereocenters. The molecule has 1 aliphatic heterocycles. The lowest BCUT2D eigenvalue weighted by Crippen LogP contribution is -2.66. The van der Waals surface area contributed by atoms with Gasteiger partial charge in [-0.15, -0.1) is 0 Å². The number of carboxylic acids is 1. The number of amides is 1. The standard InChI is InChI=1S/C12H19NO4/c1-3-13-8-6-4-5-7-9(8)17-12(2,10(13)14)11(15)16/h8-9H,3-7H2,1-2H3,(H,15,16). The number of carboxylic acid groups (broad SMARTS) is 1. The van der Waals surface area contributed by atoms with Crippen LogP contribution in [-0.2, 0) is 14.3 Å². The van der Waals surface area contributed by atoms with E-state index in [2.05, 4.69) is 0 Å². The molecule has 0 bridgehead atoms. The molecule has 1 aliphatic carbocycles. The second-order valence-electron chi connectivity index (χ2n) is 4.94. The first kappa shape index (κ1) is 12.4. The van der Waals surface area contributed by atoms with Crippen LogP contribution < -0.4 is 0 Å². The quantitative estimate of drug-likeness (QED) is 0.733. The summed E-state index contributed by atoms with van der Waals surface area (Å²) in [4.78, 5) is 25.1. The number of hydrogen-bond donors (Lipinski definition) is 1. The Balaban J connectivity index is 2.31. The van der Waals surface area contributed by atoms with Crippen LogP contribution in [-0.4, -0.2) is 46.2 Å². The van der Waals surface area contributed by atoms with E-state index in [-0.39, 0.29) is 12.1 Å². The van der Waals surface area contributed by atoms with Gasteiger partial charge in [0.25, 0.3) is 5.91 Å². The molecule has 5 nitrogen and oxygen atoms in total. The summed E-state index contributed by atoms with van der Waals surface area (Å²) in [6.07, 6.45) is 3.76. The highest BCUT2D eigenvalue weighted by molar-refractivity contribution is 6.05. The molecule has 5 heteroatoms. The maximum Gasteiger partial charge on any atom is 0.345 e. The topological polar surface area (TPSA) is 66.8 Å². The number of rotatable bonds is 2. The van der Waals surface area contributed by atoms with Crippen LogP contribution in [0.3, 0.4) is 0 Å². The van der Waals surface area contributed by atoms with Gasteiger partial charge in [0.05, 0.1) is 12.1 Å². The van der Waals surface area contributed by atoms with Gasteiger partial charge >= 0.3 is 5.97 Å². The first-order valence-electron chi connectivity index (χ1n) is 6.23. The number of carbonyl (C=O) groups is 2. The highest BCUT2D eigenvalue weighted by atomic mass is 16.5. The molecule has 2 rings (SSSR count). The lowest BCUT2D eigenvalue weighted by molar-refractivity contribution is -0.209. The Morgan fingerprint density at radius 1 is 1.53 bits per heavy atom. The largest absolute Gasteiger partial charge is 0.479 e. The van der Waals surface area contributed by atoms with Gasteiger partial charge in [-0.1, -0.05) is 12.8 Å². The van der Waals surface area contributed by atoms with E-state index < -0.39 is 17.5 Å². The maximum atomic E-state index is 12.2. The molecule has 0 aromatic rings. The SMILES string of the molecule is CCN1C(=O)C(C)(C(=O)O)OC2CCCCC21. The van der Waals surface area contributed by atoms with Gasteiger partial charge in [0.2, 0.25) is 5.60 Å². The van der Waals surface area contributed by atoms with Crippen LogP contribution in [0.1, 0.15) is 39.5 Å². The predicted molar refractivity (Wildman–Crippen MR) is 60.6 cm³/mol. The van der Waals surface area contributed by atoms with Gasteiger partial charge < -0.3 is 14.7 Å². The summed E-state index contributed by atoms with van der Waals surface area (Å²) in [5.41, 5.74) is -1.70. The van der Waals surface area contributed by atoms with Crippen LogP contribution in [0.15, 0.2) is 0 Å². The number of carbonyl (C=O) groups excluding carboxylic acids is 1. The summed E-state index contributed by atoms with van der Waals surface area (Å²) in [7, 11) is 0. The highest BCUT2D eigenvalue weighted by Crippen LogP contribution is 2.35. The summed E-state index contributed by atoms with van der Waals surface area (Å²) in [6, 6.07) is 0.0636.